The van der Waals surface area contributed by atoms with Crippen LogP contribution in [0.2, 0.25) is 0 Å². The van der Waals surface area contributed by atoms with Crippen molar-refractivity contribution in [3.05, 3.63) is 29.6 Å². The molecule has 1 atom stereocenters. The number of hydrogen-bond donors (Lipinski definition) is 0. The number of rotatable bonds is 1. The van der Waals surface area contributed by atoms with Crippen LogP contribution in [0.15, 0.2) is 18.2 Å². The predicted octanol–water partition coefficient (Wildman–Crippen LogP) is 3.40. The van der Waals surface area contributed by atoms with Gasteiger partial charge in [-0.3, -0.25) is 0 Å². The summed E-state index contributed by atoms with van der Waals surface area (Å²) in [4.78, 5) is 4.74. The van der Waals surface area contributed by atoms with Gasteiger partial charge in [-0.1, -0.05) is 6.42 Å². The molecule has 3 nitrogen and oxygen atoms in total. The van der Waals surface area contributed by atoms with Gasteiger partial charge in [0.15, 0.2) is 0 Å². The van der Waals surface area contributed by atoms with E-state index in [1.54, 1.807) is 0 Å². The van der Waals surface area contributed by atoms with Crippen molar-refractivity contribution in [1.82, 2.24) is 9.55 Å². The van der Waals surface area contributed by atoms with Crippen LogP contribution < -0.4 is 0 Å². The third-order valence-corrected chi connectivity index (χ3v) is 4.89. The molecule has 0 saturated carbocycles. The Morgan fingerprint density at radius 2 is 2.33 bits per heavy atom. The van der Waals surface area contributed by atoms with E-state index in [1.807, 2.05) is 30.0 Å². The lowest BCUT2D eigenvalue weighted by Gasteiger charge is -2.20. The normalized spacial score (nSPS) is 19.9. The molecule has 1 aliphatic heterocycles. The number of imidazole rings is 1. The van der Waals surface area contributed by atoms with Crippen LogP contribution in [0.4, 0.5) is 0 Å². The topological polar surface area (TPSA) is 41.6 Å². The lowest BCUT2D eigenvalue weighted by Crippen LogP contribution is -2.07. The monoisotopic (exact) mass is 257 g/mol. The molecule has 18 heavy (non-hydrogen) atoms. The Morgan fingerprint density at radius 1 is 1.44 bits per heavy atom. The van der Waals surface area contributed by atoms with Gasteiger partial charge in [-0.25, -0.2) is 4.98 Å². The van der Waals surface area contributed by atoms with E-state index < -0.39 is 0 Å². The van der Waals surface area contributed by atoms with Crippen LogP contribution in [-0.4, -0.2) is 15.3 Å². The fourth-order valence-corrected chi connectivity index (χ4v) is 3.86. The summed E-state index contributed by atoms with van der Waals surface area (Å²) in [6.45, 7) is 0. The Balaban J connectivity index is 2.08. The highest BCUT2D eigenvalue weighted by atomic mass is 32.2. The highest BCUT2D eigenvalue weighted by Gasteiger charge is 2.21. The fourth-order valence-electron chi connectivity index (χ4n) is 2.51. The van der Waals surface area contributed by atoms with Gasteiger partial charge in [0.1, 0.15) is 5.82 Å². The molecule has 3 rings (SSSR count). The summed E-state index contributed by atoms with van der Waals surface area (Å²) in [6.07, 6.45) is 3.83. The van der Waals surface area contributed by atoms with E-state index in [9.17, 15) is 0 Å². The number of nitriles is 1. The Kier molecular flexibility index (Phi) is 3.00. The largest absolute Gasteiger partial charge is 0.330 e. The van der Waals surface area contributed by atoms with Crippen molar-refractivity contribution in [2.45, 2.75) is 24.5 Å². The molecular weight excluding hydrogens is 242 g/mol. The second kappa shape index (κ2) is 4.66. The van der Waals surface area contributed by atoms with E-state index in [0.29, 0.717) is 10.8 Å². The average molecular weight is 257 g/mol. The van der Waals surface area contributed by atoms with Gasteiger partial charge < -0.3 is 4.57 Å². The number of hydrogen-bond acceptors (Lipinski definition) is 3. The molecule has 0 N–H and O–H groups in total. The van der Waals surface area contributed by atoms with Crippen LogP contribution in [0.25, 0.3) is 11.0 Å². The molecule has 0 radical (unpaired) electrons. The molecule has 1 fully saturated rings. The van der Waals surface area contributed by atoms with E-state index in [-0.39, 0.29) is 0 Å². The third kappa shape index (κ3) is 1.89. The number of benzene rings is 1. The number of thioether (sulfide) groups is 1. The zero-order chi connectivity index (χ0) is 12.5. The summed E-state index contributed by atoms with van der Waals surface area (Å²) in [6, 6.07) is 7.91. The van der Waals surface area contributed by atoms with E-state index in [0.717, 1.165) is 16.9 Å². The van der Waals surface area contributed by atoms with E-state index in [4.69, 9.17) is 10.2 Å². The van der Waals surface area contributed by atoms with E-state index in [2.05, 4.69) is 17.7 Å². The standard InChI is InChI=1S/C14H15N3S/c1-17-12-8-10(9-15)5-6-11(12)16-14(17)13-4-2-3-7-18-13/h5-6,8,13H,2-4,7H2,1H3. The molecule has 0 aliphatic carbocycles. The average Bonchev–Trinajstić information content (AvgIpc) is 2.77. The molecule has 2 aromatic rings. The highest BCUT2D eigenvalue weighted by Crippen LogP contribution is 2.38. The molecule has 92 valence electrons. The van der Waals surface area contributed by atoms with Crippen LogP contribution in [0.5, 0.6) is 0 Å². The van der Waals surface area contributed by atoms with Crippen LogP contribution in [0.1, 0.15) is 35.9 Å². The van der Waals surface area contributed by atoms with Gasteiger partial charge in [-0.15, -0.1) is 0 Å². The molecule has 2 heterocycles. The van der Waals surface area contributed by atoms with Crippen LogP contribution in [-0.2, 0) is 7.05 Å². The first-order valence-electron chi connectivity index (χ1n) is 6.27. The third-order valence-electron chi connectivity index (χ3n) is 3.51. The van der Waals surface area contributed by atoms with Crippen molar-refractivity contribution in [3.63, 3.8) is 0 Å². The molecule has 1 aromatic heterocycles. The van der Waals surface area contributed by atoms with Crippen molar-refractivity contribution in [2.75, 3.05) is 5.75 Å². The van der Waals surface area contributed by atoms with Crippen LogP contribution >= 0.6 is 11.8 Å². The van der Waals surface area contributed by atoms with Crippen molar-refractivity contribution in [1.29, 1.82) is 5.26 Å². The smallest absolute Gasteiger partial charge is 0.122 e. The minimum atomic E-state index is 0.515. The molecular formula is C14H15N3S. The van der Waals surface area contributed by atoms with Gasteiger partial charge in [0.2, 0.25) is 0 Å². The van der Waals surface area contributed by atoms with Crippen molar-refractivity contribution >= 4 is 22.8 Å². The number of fused-ring (bicyclic) bond motifs is 1. The van der Waals surface area contributed by atoms with Gasteiger partial charge in [0.05, 0.1) is 27.9 Å². The minimum Gasteiger partial charge on any atom is -0.330 e. The minimum absolute atomic E-state index is 0.515. The summed E-state index contributed by atoms with van der Waals surface area (Å²) >= 11 is 2.01. The van der Waals surface area contributed by atoms with Gasteiger partial charge in [0, 0.05) is 7.05 Å². The molecule has 0 spiro atoms. The quantitative estimate of drug-likeness (QED) is 0.786. The molecule has 0 amide bonds. The summed E-state index contributed by atoms with van der Waals surface area (Å²) in [5.41, 5.74) is 2.77. The van der Waals surface area contributed by atoms with Crippen LogP contribution in [0.3, 0.4) is 0 Å². The second-order valence-corrected chi connectivity index (χ2v) is 6.01. The Morgan fingerprint density at radius 3 is 3.06 bits per heavy atom. The number of nitrogens with zero attached hydrogens (tertiary/aromatic N) is 3. The summed E-state index contributed by atoms with van der Waals surface area (Å²) in [5, 5.41) is 9.48. The van der Waals surface area contributed by atoms with E-state index in [1.165, 1.54) is 25.0 Å². The molecule has 1 aromatic carbocycles. The van der Waals surface area contributed by atoms with Crippen LogP contribution in [0, 0.1) is 11.3 Å². The first-order chi connectivity index (χ1) is 8.79. The van der Waals surface area contributed by atoms with Gasteiger partial charge in [0.25, 0.3) is 0 Å². The zero-order valence-electron chi connectivity index (χ0n) is 10.4. The first-order valence-corrected chi connectivity index (χ1v) is 7.32. The Hall–Kier alpha value is -1.47. The predicted molar refractivity (Wildman–Crippen MR) is 74.5 cm³/mol. The van der Waals surface area contributed by atoms with Crippen molar-refractivity contribution < 1.29 is 0 Å². The molecule has 1 saturated heterocycles. The molecule has 4 heteroatoms. The highest BCUT2D eigenvalue weighted by molar-refractivity contribution is 7.99. The maximum atomic E-state index is 8.96. The van der Waals surface area contributed by atoms with Crippen molar-refractivity contribution in [3.8, 4) is 6.07 Å². The summed E-state index contributed by atoms with van der Waals surface area (Å²) in [5.74, 6) is 2.39. The number of aryl methyl sites for hydroxylation is 1. The molecule has 1 aliphatic rings. The summed E-state index contributed by atoms with van der Waals surface area (Å²) < 4.78 is 2.15. The summed E-state index contributed by atoms with van der Waals surface area (Å²) in [7, 11) is 2.06. The maximum Gasteiger partial charge on any atom is 0.122 e. The number of aromatic nitrogens is 2. The second-order valence-electron chi connectivity index (χ2n) is 4.70. The van der Waals surface area contributed by atoms with Gasteiger partial charge in [-0.05, 0) is 36.8 Å². The Bertz CT molecular complexity index is 618. The van der Waals surface area contributed by atoms with E-state index >= 15 is 0 Å². The Labute approximate surface area is 111 Å². The lowest BCUT2D eigenvalue weighted by atomic mass is 10.2. The SMILES string of the molecule is Cn1c(C2CCCCS2)nc2ccc(C#N)cc21. The fraction of sp³-hybridized carbons (Fsp3) is 0.429. The van der Waals surface area contributed by atoms with Gasteiger partial charge >= 0.3 is 0 Å². The maximum absolute atomic E-state index is 8.96. The molecule has 1 unspecified atom stereocenters. The lowest BCUT2D eigenvalue weighted by molar-refractivity contribution is 0.646. The zero-order valence-corrected chi connectivity index (χ0v) is 11.2. The first kappa shape index (κ1) is 11.6. The molecule has 0 bridgehead atoms. The van der Waals surface area contributed by atoms with Crippen molar-refractivity contribution in [2.24, 2.45) is 7.05 Å². The van der Waals surface area contributed by atoms with Gasteiger partial charge in [-0.2, -0.15) is 17.0 Å².